The molecule has 0 aliphatic carbocycles. The van der Waals surface area contributed by atoms with Crippen LogP contribution in [0.25, 0.3) is 0 Å². The van der Waals surface area contributed by atoms with Gasteiger partial charge < -0.3 is 19.5 Å². The molecule has 0 amide bonds. The van der Waals surface area contributed by atoms with Gasteiger partial charge in [-0.25, -0.2) is 4.98 Å². The molecular weight excluding hydrogens is 224 g/mol. The number of imidazole rings is 1. The first kappa shape index (κ1) is 12.1. The molecule has 0 bridgehead atoms. The van der Waals surface area contributed by atoms with Crippen LogP contribution in [0.3, 0.4) is 0 Å². The SMILES string of the molecule is O=C(O)CCc1cnc(CO)n1CC1CCO1. The third-order valence-electron chi connectivity index (χ3n) is 2.94. The van der Waals surface area contributed by atoms with Crippen LogP contribution in [0.15, 0.2) is 6.20 Å². The lowest BCUT2D eigenvalue weighted by Crippen LogP contribution is -2.32. The second-order valence-electron chi connectivity index (χ2n) is 4.11. The number of carbonyl (C=O) groups is 1. The summed E-state index contributed by atoms with van der Waals surface area (Å²) < 4.78 is 7.21. The Balaban J connectivity index is 2.07. The van der Waals surface area contributed by atoms with Crippen molar-refractivity contribution in [3.05, 3.63) is 17.7 Å². The van der Waals surface area contributed by atoms with Crippen LogP contribution in [0.2, 0.25) is 0 Å². The van der Waals surface area contributed by atoms with Crippen molar-refractivity contribution in [3.63, 3.8) is 0 Å². The summed E-state index contributed by atoms with van der Waals surface area (Å²) >= 11 is 0. The number of aliphatic carboxylic acids is 1. The molecule has 2 rings (SSSR count). The summed E-state index contributed by atoms with van der Waals surface area (Å²) in [5.41, 5.74) is 0.840. The monoisotopic (exact) mass is 240 g/mol. The van der Waals surface area contributed by atoms with Crippen LogP contribution >= 0.6 is 0 Å². The maximum Gasteiger partial charge on any atom is 0.303 e. The second kappa shape index (κ2) is 5.29. The summed E-state index contributed by atoms with van der Waals surface area (Å²) in [6, 6.07) is 0. The van der Waals surface area contributed by atoms with Gasteiger partial charge in [-0.3, -0.25) is 4.79 Å². The van der Waals surface area contributed by atoms with E-state index in [2.05, 4.69) is 4.98 Å². The van der Waals surface area contributed by atoms with E-state index in [4.69, 9.17) is 9.84 Å². The Morgan fingerprint density at radius 1 is 1.65 bits per heavy atom. The lowest BCUT2D eigenvalue weighted by atomic mass is 10.2. The molecule has 2 N–H and O–H groups in total. The average molecular weight is 240 g/mol. The summed E-state index contributed by atoms with van der Waals surface area (Å²) in [5.74, 6) is -0.260. The molecule has 0 saturated carbocycles. The van der Waals surface area contributed by atoms with Crippen molar-refractivity contribution in [2.45, 2.75) is 38.5 Å². The average Bonchev–Trinajstić information content (AvgIpc) is 2.62. The lowest BCUT2D eigenvalue weighted by Gasteiger charge is -2.28. The number of hydrogen-bond acceptors (Lipinski definition) is 4. The third kappa shape index (κ3) is 2.83. The highest BCUT2D eigenvalue weighted by atomic mass is 16.5. The van der Waals surface area contributed by atoms with Crippen molar-refractivity contribution in [1.29, 1.82) is 0 Å². The highest BCUT2D eigenvalue weighted by molar-refractivity contribution is 5.66. The van der Waals surface area contributed by atoms with Crippen molar-refractivity contribution in [2.24, 2.45) is 0 Å². The molecule has 2 heterocycles. The zero-order valence-electron chi connectivity index (χ0n) is 9.50. The van der Waals surface area contributed by atoms with E-state index in [1.807, 2.05) is 4.57 Å². The first-order chi connectivity index (χ1) is 8.20. The molecule has 1 atom stereocenters. The first-order valence-electron chi connectivity index (χ1n) is 5.68. The van der Waals surface area contributed by atoms with E-state index < -0.39 is 5.97 Å². The highest BCUT2D eigenvalue weighted by Crippen LogP contribution is 2.17. The lowest BCUT2D eigenvalue weighted by molar-refractivity contribution is -0.136. The largest absolute Gasteiger partial charge is 0.481 e. The first-order valence-corrected chi connectivity index (χ1v) is 5.68. The number of aryl methyl sites for hydroxylation is 1. The van der Waals surface area contributed by atoms with Gasteiger partial charge in [-0.15, -0.1) is 0 Å². The van der Waals surface area contributed by atoms with E-state index >= 15 is 0 Å². The Hall–Kier alpha value is -1.40. The van der Waals surface area contributed by atoms with Gasteiger partial charge in [0.15, 0.2) is 0 Å². The van der Waals surface area contributed by atoms with E-state index in [9.17, 15) is 9.90 Å². The summed E-state index contributed by atoms with van der Waals surface area (Å²) in [5, 5.41) is 17.8. The normalized spacial score (nSPS) is 19.0. The predicted molar refractivity (Wildman–Crippen MR) is 58.5 cm³/mol. The molecule has 94 valence electrons. The van der Waals surface area contributed by atoms with Crippen LogP contribution < -0.4 is 0 Å². The Labute approximate surface area is 98.8 Å². The van der Waals surface area contributed by atoms with Crippen molar-refractivity contribution in [3.8, 4) is 0 Å². The molecule has 0 radical (unpaired) electrons. The number of rotatable bonds is 6. The zero-order valence-corrected chi connectivity index (χ0v) is 9.50. The van der Waals surface area contributed by atoms with Gasteiger partial charge in [0.1, 0.15) is 12.4 Å². The molecule has 1 aromatic rings. The topological polar surface area (TPSA) is 84.6 Å². The highest BCUT2D eigenvalue weighted by Gasteiger charge is 2.21. The number of carboxylic acid groups (broad SMARTS) is 1. The minimum atomic E-state index is -0.830. The molecule has 6 nitrogen and oxygen atoms in total. The Morgan fingerprint density at radius 3 is 2.94 bits per heavy atom. The quantitative estimate of drug-likeness (QED) is 0.741. The van der Waals surface area contributed by atoms with Gasteiger partial charge in [-0.05, 0) is 12.8 Å². The molecule has 1 saturated heterocycles. The molecule has 1 unspecified atom stereocenters. The van der Waals surface area contributed by atoms with E-state index in [1.165, 1.54) is 0 Å². The van der Waals surface area contributed by atoms with Crippen LogP contribution in [0, 0.1) is 0 Å². The van der Waals surface area contributed by atoms with Crippen molar-refractivity contribution in [2.75, 3.05) is 6.61 Å². The van der Waals surface area contributed by atoms with Crippen LogP contribution in [0.5, 0.6) is 0 Å². The maximum atomic E-state index is 10.5. The number of carboxylic acids is 1. The van der Waals surface area contributed by atoms with Gasteiger partial charge in [0.25, 0.3) is 0 Å². The number of ether oxygens (including phenoxy) is 1. The van der Waals surface area contributed by atoms with E-state index in [-0.39, 0.29) is 19.1 Å². The van der Waals surface area contributed by atoms with Crippen LogP contribution in [-0.4, -0.2) is 38.4 Å². The molecule has 1 fully saturated rings. The Kier molecular flexibility index (Phi) is 3.75. The standard InChI is InChI=1S/C11H16N2O4/c14-7-10-12-5-8(1-2-11(15)16)13(10)6-9-3-4-17-9/h5,9,14H,1-4,6-7H2,(H,15,16). The van der Waals surface area contributed by atoms with E-state index in [1.54, 1.807) is 6.20 Å². The summed E-state index contributed by atoms with van der Waals surface area (Å²) in [6.45, 7) is 1.28. The minimum absolute atomic E-state index is 0.0715. The molecule has 1 aromatic heterocycles. The predicted octanol–water partition coefficient (Wildman–Crippen LogP) is 0.181. The smallest absolute Gasteiger partial charge is 0.303 e. The fraction of sp³-hybridized carbons (Fsp3) is 0.636. The van der Waals surface area contributed by atoms with Gasteiger partial charge in [0, 0.05) is 18.5 Å². The van der Waals surface area contributed by atoms with Crippen molar-refractivity contribution in [1.82, 2.24) is 9.55 Å². The number of aromatic nitrogens is 2. The van der Waals surface area contributed by atoms with Gasteiger partial charge in [-0.1, -0.05) is 0 Å². The summed E-state index contributed by atoms with van der Waals surface area (Å²) in [6.07, 6.45) is 3.30. The third-order valence-corrected chi connectivity index (χ3v) is 2.94. The van der Waals surface area contributed by atoms with Crippen molar-refractivity contribution < 1.29 is 19.7 Å². The number of aliphatic hydroxyl groups excluding tert-OH is 1. The summed E-state index contributed by atoms with van der Waals surface area (Å²) in [7, 11) is 0. The molecule has 1 aliphatic heterocycles. The van der Waals surface area contributed by atoms with Gasteiger partial charge in [-0.2, -0.15) is 0 Å². The number of hydrogen-bond donors (Lipinski definition) is 2. The molecular formula is C11H16N2O4. The molecule has 0 aromatic carbocycles. The Bertz CT molecular complexity index is 398. The molecule has 0 spiro atoms. The fourth-order valence-corrected chi connectivity index (χ4v) is 1.87. The number of nitrogens with zero attached hydrogens (tertiary/aromatic N) is 2. The van der Waals surface area contributed by atoms with Crippen LogP contribution in [0.1, 0.15) is 24.4 Å². The molecule has 17 heavy (non-hydrogen) atoms. The zero-order chi connectivity index (χ0) is 12.3. The van der Waals surface area contributed by atoms with E-state index in [0.717, 1.165) is 18.7 Å². The van der Waals surface area contributed by atoms with Crippen LogP contribution in [0.4, 0.5) is 0 Å². The second-order valence-corrected chi connectivity index (χ2v) is 4.11. The Morgan fingerprint density at radius 2 is 2.41 bits per heavy atom. The fourth-order valence-electron chi connectivity index (χ4n) is 1.87. The van der Waals surface area contributed by atoms with Crippen molar-refractivity contribution >= 4 is 5.97 Å². The van der Waals surface area contributed by atoms with Gasteiger partial charge in [0.2, 0.25) is 0 Å². The molecule has 1 aliphatic rings. The van der Waals surface area contributed by atoms with Crippen LogP contribution in [-0.2, 0) is 29.1 Å². The van der Waals surface area contributed by atoms with E-state index in [0.29, 0.717) is 18.8 Å². The number of aliphatic hydroxyl groups is 1. The van der Waals surface area contributed by atoms with Gasteiger partial charge >= 0.3 is 5.97 Å². The summed E-state index contributed by atoms with van der Waals surface area (Å²) in [4.78, 5) is 14.6. The molecule has 6 heteroatoms. The minimum Gasteiger partial charge on any atom is -0.481 e. The maximum absolute atomic E-state index is 10.5. The van der Waals surface area contributed by atoms with Gasteiger partial charge in [0.05, 0.1) is 19.1 Å².